The summed E-state index contributed by atoms with van der Waals surface area (Å²) in [5.74, 6) is -0.988. The van der Waals surface area contributed by atoms with Crippen molar-refractivity contribution in [2.45, 2.75) is 6.42 Å². The molecule has 6 nitrogen and oxygen atoms in total. The average molecular weight is 393 g/mol. The molecule has 2 amide bonds. The van der Waals surface area contributed by atoms with Gasteiger partial charge in [0.2, 0.25) is 11.8 Å². The molecule has 2 N–H and O–H groups in total. The predicted molar refractivity (Wildman–Crippen MR) is 99.8 cm³/mol. The average Bonchev–Trinajstić information content (AvgIpc) is 3.45. The molecule has 142 valence electrons. The van der Waals surface area contributed by atoms with Crippen LogP contribution in [0.5, 0.6) is 11.5 Å². The highest BCUT2D eigenvalue weighted by Crippen LogP contribution is 2.41. The van der Waals surface area contributed by atoms with Gasteiger partial charge >= 0.3 is 0 Å². The summed E-state index contributed by atoms with van der Waals surface area (Å²) in [7, 11) is 3.02. The van der Waals surface area contributed by atoms with Gasteiger partial charge in [-0.1, -0.05) is 11.6 Å². The van der Waals surface area contributed by atoms with E-state index in [1.165, 1.54) is 32.4 Å². The minimum atomic E-state index is -0.564. The van der Waals surface area contributed by atoms with Crippen molar-refractivity contribution in [3.05, 3.63) is 47.2 Å². The van der Waals surface area contributed by atoms with Gasteiger partial charge in [-0.25, -0.2) is 4.39 Å². The van der Waals surface area contributed by atoms with Crippen molar-refractivity contribution in [1.29, 1.82) is 0 Å². The third-order valence-corrected chi connectivity index (χ3v) is 4.61. The molecule has 3 rings (SSSR count). The summed E-state index contributed by atoms with van der Waals surface area (Å²) in [4.78, 5) is 24.7. The second kappa shape index (κ2) is 7.84. The van der Waals surface area contributed by atoms with Crippen molar-refractivity contribution in [3.63, 3.8) is 0 Å². The van der Waals surface area contributed by atoms with Crippen molar-refractivity contribution in [3.8, 4) is 11.5 Å². The molecule has 2 unspecified atom stereocenters. The molecule has 0 spiro atoms. The number of carbonyl (C=O) groups excluding carboxylic acids is 2. The lowest BCUT2D eigenvalue weighted by Gasteiger charge is -2.12. The molecule has 0 radical (unpaired) electrons. The number of halogens is 2. The van der Waals surface area contributed by atoms with Crippen molar-refractivity contribution in [1.82, 2.24) is 0 Å². The number of hydrogen-bond donors (Lipinski definition) is 2. The minimum Gasteiger partial charge on any atom is -0.497 e. The van der Waals surface area contributed by atoms with Crippen LogP contribution in [0, 0.1) is 17.7 Å². The van der Waals surface area contributed by atoms with Gasteiger partial charge in [-0.2, -0.15) is 0 Å². The van der Waals surface area contributed by atoms with Crippen LogP contribution in [-0.4, -0.2) is 26.0 Å². The Hall–Kier alpha value is -2.80. The zero-order valence-corrected chi connectivity index (χ0v) is 15.5. The standard InChI is InChI=1S/C19H18ClFN2O4/c1-26-11-4-6-17(27-2)16(8-11)23-19(25)13-9-12(13)18(24)22-10-3-5-15(21)14(20)7-10/h3-8,12-13H,9H2,1-2H3,(H,22,24)(H,23,25). The van der Waals surface area contributed by atoms with E-state index in [1.807, 2.05) is 0 Å². The van der Waals surface area contributed by atoms with Gasteiger partial charge in [-0.15, -0.1) is 0 Å². The highest BCUT2D eigenvalue weighted by atomic mass is 35.5. The lowest BCUT2D eigenvalue weighted by atomic mass is 10.2. The molecule has 1 saturated carbocycles. The number of hydrogen-bond acceptors (Lipinski definition) is 4. The maximum atomic E-state index is 13.2. The molecule has 2 atom stereocenters. The Labute approximate surface area is 160 Å². The summed E-state index contributed by atoms with van der Waals surface area (Å²) < 4.78 is 23.6. The topological polar surface area (TPSA) is 76.7 Å². The van der Waals surface area contributed by atoms with E-state index in [0.717, 1.165) is 0 Å². The maximum Gasteiger partial charge on any atom is 0.228 e. The Kier molecular flexibility index (Phi) is 5.51. The first-order valence-corrected chi connectivity index (χ1v) is 8.59. The molecule has 0 aliphatic heterocycles. The van der Waals surface area contributed by atoms with Gasteiger partial charge in [0, 0.05) is 11.8 Å². The van der Waals surface area contributed by atoms with Crippen LogP contribution in [0.3, 0.4) is 0 Å². The zero-order chi connectivity index (χ0) is 19.6. The number of anilines is 2. The van der Waals surface area contributed by atoms with Crippen LogP contribution >= 0.6 is 11.6 Å². The second-order valence-electron chi connectivity index (χ2n) is 6.12. The summed E-state index contributed by atoms with van der Waals surface area (Å²) in [6, 6.07) is 8.96. The largest absolute Gasteiger partial charge is 0.497 e. The van der Waals surface area contributed by atoms with E-state index in [9.17, 15) is 14.0 Å². The van der Waals surface area contributed by atoms with Gasteiger partial charge in [0.1, 0.15) is 17.3 Å². The molecule has 2 aromatic carbocycles. The molecule has 1 aliphatic carbocycles. The van der Waals surface area contributed by atoms with Gasteiger partial charge < -0.3 is 20.1 Å². The van der Waals surface area contributed by atoms with E-state index in [2.05, 4.69) is 10.6 Å². The van der Waals surface area contributed by atoms with Crippen LogP contribution in [0.1, 0.15) is 6.42 Å². The zero-order valence-electron chi connectivity index (χ0n) is 14.7. The number of ether oxygens (including phenoxy) is 2. The van der Waals surface area contributed by atoms with E-state index in [4.69, 9.17) is 21.1 Å². The van der Waals surface area contributed by atoms with Crippen LogP contribution in [0.25, 0.3) is 0 Å². The number of benzene rings is 2. The Morgan fingerprint density at radius 2 is 1.74 bits per heavy atom. The SMILES string of the molecule is COc1ccc(OC)c(NC(=O)C2CC2C(=O)Nc2ccc(F)c(Cl)c2)c1. The lowest BCUT2D eigenvalue weighted by Crippen LogP contribution is -2.20. The molecule has 8 heteroatoms. The summed E-state index contributed by atoms with van der Waals surface area (Å²) in [6.07, 6.45) is 0.429. The molecule has 1 aliphatic rings. The van der Waals surface area contributed by atoms with Crippen LogP contribution in [0.15, 0.2) is 36.4 Å². The van der Waals surface area contributed by atoms with E-state index in [1.54, 1.807) is 18.2 Å². The molecular weight excluding hydrogens is 375 g/mol. The van der Waals surface area contributed by atoms with Crippen molar-refractivity contribution in [2.75, 3.05) is 24.9 Å². The van der Waals surface area contributed by atoms with Gasteiger partial charge in [-0.05, 0) is 36.8 Å². The van der Waals surface area contributed by atoms with E-state index < -0.39 is 17.7 Å². The fourth-order valence-corrected chi connectivity index (χ4v) is 2.90. The van der Waals surface area contributed by atoms with E-state index in [-0.39, 0.29) is 16.8 Å². The summed E-state index contributed by atoms with van der Waals surface area (Å²) in [6.45, 7) is 0. The van der Waals surface area contributed by atoms with Crippen LogP contribution < -0.4 is 20.1 Å². The highest BCUT2D eigenvalue weighted by Gasteiger charge is 2.48. The van der Waals surface area contributed by atoms with Gasteiger partial charge in [0.15, 0.2) is 0 Å². The van der Waals surface area contributed by atoms with Crippen LogP contribution in [0.2, 0.25) is 5.02 Å². The fourth-order valence-electron chi connectivity index (χ4n) is 2.72. The predicted octanol–water partition coefficient (Wildman–Crippen LogP) is 3.71. The lowest BCUT2D eigenvalue weighted by molar-refractivity contribution is -0.122. The van der Waals surface area contributed by atoms with Gasteiger partial charge in [0.05, 0.1) is 36.8 Å². The van der Waals surface area contributed by atoms with Crippen molar-refractivity contribution < 1.29 is 23.5 Å². The monoisotopic (exact) mass is 392 g/mol. The van der Waals surface area contributed by atoms with E-state index in [0.29, 0.717) is 29.3 Å². The molecule has 0 aromatic heterocycles. The molecule has 0 heterocycles. The first kappa shape index (κ1) is 19.0. The molecular formula is C19H18ClFN2O4. The van der Waals surface area contributed by atoms with E-state index >= 15 is 0 Å². The number of amides is 2. The minimum absolute atomic E-state index is 0.0805. The quantitative estimate of drug-likeness (QED) is 0.785. The van der Waals surface area contributed by atoms with Crippen molar-refractivity contribution in [2.24, 2.45) is 11.8 Å². The van der Waals surface area contributed by atoms with Crippen LogP contribution in [0.4, 0.5) is 15.8 Å². The highest BCUT2D eigenvalue weighted by molar-refractivity contribution is 6.31. The third-order valence-electron chi connectivity index (χ3n) is 4.32. The third kappa shape index (κ3) is 4.31. The van der Waals surface area contributed by atoms with Gasteiger partial charge in [0.25, 0.3) is 0 Å². The Morgan fingerprint density at radius 3 is 2.37 bits per heavy atom. The smallest absolute Gasteiger partial charge is 0.228 e. The van der Waals surface area contributed by atoms with Crippen molar-refractivity contribution >= 4 is 34.8 Å². The molecule has 0 saturated heterocycles. The maximum absolute atomic E-state index is 13.2. The Morgan fingerprint density at radius 1 is 1.04 bits per heavy atom. The first-order valence-electron chi connectivity index (χ1n) is 8.21. The fraction of sp³-hybridized carbons (Fsp3) is 0.263. The number of carbonyl (C=O) groups is 2. The molecule has 1 fully saturated rings. The number of methoxy groups -OCH3 is 2. The summed E-state index contributed by atoms with van der Waals surface area (Å²) in [5, 5.41) is 5.33. The summed E-state index contributed by atoms with van der Waals surface area (Å²) >= 11 is 5.70. The van der Waals surface area contributed by atoms with Crippen LogP contribution in [-0.2, 0) is 9.59 Å². The molecule has 2 aromatic rings. The number of rotatable bonds is 6. The first-order chi connectivity index (χ1) is 12.9. The Bertz CT molecular complexity index is 890. The normalized spacial score (nSPS) is 17.8. The molecule has 0 bridgehead atoms. The van der Waals surface area contributed by atoms with Gasteiger partial charge in [-0.3, -0.25) is 9.59 Å². The Balaban J connectivity index is 1.61. The number of nitrogens with one attached hydrogen (secondary N) is 2. The molecule has 27 heavy (non-hydrogen) atoms. The summed E-state index contributed by atoms with van der Waals surface area (Å²) in [5.41, 5.74) is 0.852. The second-order valence-corrected chi connectivity index (χ2v) is 6.53.